The Hall–Kier alpha value is -2.77. The number of carbonyl (C=O) groups excluding carboxylic acids is 2. The molecule has 1 aromatic carbocycles. The van der Waals surface area contributed by atoms with E-state index in [0.29, 0.717) is 11.5 Å². The van der Waals surface area contributed by atoms with Gasteiger partial charge in [0.2, 0.25) is 21.5 Å². The van der Waals surface area contributed by atoms with Gasteiger partial charge < -0.3 is 20.9 Å². The number of nitrogens with two attached hydrogens (primary N) is 1. The maximum Gasteiger partial charge on any atom is 0.342 e. The van der Waals surface area contributed by atoms with Crippen molar-refractivity contribution in [3.05, 3.63) is 41.8 Å². The summed E-state index contributed by atoms with van der Waals surface area (Å²) >= 11 is 1.14. The number of methoxy groups -OCH3 is 1. The number of nitrogens with zero attached hydrogens (tertiary/aromatic N) is 1. The van der Waals surface area contributed by atoms with Gasteiger partial charge in [-0.3, -0.25) is 19.2 Å². The fourth-order valence-corrected chi connectivity index (χ4v) is 5.05. The molecule has 0 aromatic heterocycles. The van der Waals surface area contributed by atoms with E-state index in [-0.39, 0.29) is 11.3 Å². The van der Waals surface area contributed by atoms with E-state index in [2.05, 4.69) is 10.0 Å². The summed E-state index contributed by atoms with van der Waals surface area (Å²) in [4.78, 5) is 38.5. The quantitative estimate of drug-likeness (QED) is 0.309. The number of carboxylic acid groups (broad SMARTS) is 1. The van der Waals surface area contributed by atoms with Crippen LogP contribution in [0.2, 0.25) is 0 Å². The average molecular weight is 457 g/mol. The number of nitrogens with one attached hydrogen (secondary N) is 2. The van der Waals surface area contributed by atoms with Gasteiger partial charge in [-0.15, -0.1) is 11.8 Å². The second kappa shape index (κ2) is 7.81. The van der Waals surface area contributed by atoms with Gasteiger partial charge in [0.15, 0.2) is 0 Å². The number of benzene rings is 1. The summed E-state index contributed by atoms with van der Waals surface area (Å²) in [7, 11) is -2.10. The van der Waals surface area contributed by atoms with E-state index in [4.69, 9.17) is 10.5 Å². The predicted octanol–water partition coefficient (Wildman–Crippen LogP) is -0.600. The van der Waals surface area contributed by atoms with E-state index < -0.39 is 44.8 Å². The van der Waals surface area contributed by atoms with Crippen molar-refractivity contribution in [2.45, 2.75) is 17.0 Å². The van der Waals surface area contributed by atoms with Gasteiger partial charge in [0.25, 0.3) is 5.91 Å². The number of anilines is 1. The number of amides is 2. The zero-order valence-electron chi connectivity index (χ0n) is 16.0. The molecule has 2 aliphatic heterocycles. The number of carbonyl (C=O) groups is 3. The summed E-state index contributed by atoms with van der Waals surface area (Å²) < 4.78 is 30.1. The average Bonchev–Trinajstić information content (AvgIpc) is 2.69. The number of ether oxygens (including phenoxy) is 1. The van der Waals surface area contributed by atoms with Crippen LogP contribution < -0.4 is 15.8 Å². The Bertz CT molecular complexity index is 1040. The van der Waals surface area contributed by atoms with E-state index in [1.807, 2.05) is 0 Å². The van der Waals surface area contributed by atoms with Gasteiger partial charge in [0, 0.05) is 11.9 Å². The van der Waals surface area contributed by atoms with Crippen LogP contribution in [0.1, 0.15) is 11.6 Å². The van der Waals surface area contributed by atoms with Crippen LogP contribution in [0.4, 0.5) is 5.69 Å². The van der Waals surface area contributed by atoms with Crippen molar-refractivity contribution in [2.24, 2.45) is 5.73 Å². The molecule has 1 unspecified atom stereocenters. The van der Waals surface area contributed by atoms with Crippen molar-refractivity contribution in [3.63, 3.8) is 0 Å². The van der Waals surface area contributed by atoms with Crippen LogP contribution in [-0.2, 0) is 29.1 Å². The van der Waals surface area contributed by atoms with E-state index in [1.54, 1.807) is 0 Å². The van der Waals surface area contributed by atoms with Crippen LogP contribution in [0.5, 0.6) is 0 Å². The van der Waals surface area contributed by atoms with Crippen molar-refractivity contribution in [2.75, 3.05) is 23.8 Å². The molecule has 1 fully saturated rings. The second-order valence-electron chi connectivity index (χ2n) is 6.76. The number of hydrogen-bond acceptors (Lipinski definition) is 8. The number of thioether (sulfide) groups is 1. The van der Waals surface area contributed by atoms with Crippen molar-refractivity contribution in [1.29, 1.82) is 0 Å². The third-order valence-corrected chi connectivity index (χ3v) is 6.57. The van der Waals surface area contributed by atoms with E-state index >= 15 is 0 Å². The standard InChI is InChI=1S/C17H20N4O7S2/c1-28-11-7-21-14(23)17(16(24)25,15(21)29-8-11)19-13(22)12(18)9-4-3-5-10(6-9)20-30(2,26)27/h3-7,12,15,20H,8,18H2,1-2H3,(H,19,22)(H,24,25)/t12?,15-,17+/m0/s1. The first-order chi connectivity index (χ1) is 14.0. The maximum atomic E-state index is 12.7. The predicted molar refractivity (Wildman–Crippen MR) is 109 cm³/mol. The Morgan fingerprint density at radius 3 is 2.73 bits per heavy atom. The molecular weight excluding hydrogens is 436 g/mol. The van der Waals surface area contributed by atoms with E-state index in [0.717, 1.165) is 18.0 Å². The highest BCUT2D eigenvalue weighted by molar-refractivity contribution is 8.00. The first-order valence-corrected chi connectivity index (χ1v) is 11.5. The van der Waals surface area contributed by atoms with Crippen LogP contribution in [0.15, 0.2) is 36.2 Å². The third-order valence-electron chi connectivity index (χ3n) is 4.61. The molecule has 3 rings (SSSR count). The Kier molecular flexibility index (Phi) is 5.71. The molecule has 2 aliphatic rings. The molecule has 2 amide bonds. The first-order valence-electron chi connectivity index (χ1n) is 8.57. The summed E-state index contributed by atoms with van der Waals surface area (Å²) in [5.74, 6) is -2.36. The lowest BCUT2D eigenvalue weighted by Gasteiger charge is -2.53. The van der Waals surface area contributed by atoms with Crippen molar-refractivity contribution < 1.29 is 32.6 Å². The second-order valence-corrected chi connectivity index (χ2v) is 9.57. The Labute approximate surface area is 176 Å². The van der Waals surface area contributed by atoms with Gasteiger partial charge in [-0.25, -0.2) is 13.2 Å². The largest absolute Gasteiger partial charge is 0.499 e. The lowest BCUT2D eigenvalue weighted by atomic mass is 9.87. The molecule has 0 spiro atoms. The number of β-lactam (4-membered cyclic amide) rings is 1. The molecule has 30 heavy (non-hydrogen) atoms. The molecule has 11 nitrogen and oxygen atoms in total. The first kappa shape index (κ1) is 21.9. The highest BCUT2D eigenvalue weighted by atomic mass is 32.2. The molecule has 0 bridgehead atoms. The summed E-state index contributed by atoms with van der Waals surface area (Å²) in [6, 6.07) is 4.48. The smallest absolute Gasteiger partial charge is 0.342 e. The zero-order valence-corrected chi connectivity index (χ0v) is 17.6. The van der Waals surface area contributed by atoms with Gasteiger partial charge >= 0.3 is 5.97 Å². The Morgan fingerprint density at radius 1 is 1.43 bits per heavy atom. The monoisotopic (exact) mass is 456 g/mol. The van der Waals surface area contributed by atoms with Crippen LogP contribution >= 0.6 is 11.8 Å². The molecule has 3 atom stereocenters. The fraction of sp³-hybridized carbons (Fsp3) is 0.353. The van der Waals surface area contributed by atoms with Crippen LogP contribution in [0.3, 0.4) is 0 Å². The van der Waals surface area contributed by atoms with Gasteiger partial charge in [-0.2, -0.15) is 0 Å². The number of sulfonamides is 1. The number of rotatable bonds is 7. The summed E-state index contributed by atoms with van der Waals surface area (Å²) in [5, 5.41) is 11.2. The lowest BCUT2D eigenvalue weighted by molar-refractivity contribution is -0.170. The molecular formula is C17H20N4O7S2. The minimum absolute atomic E-state index is 0.192. The molecule has 5 N–H and O–H groups in total. The number of hydrogen-bond donors (Lipinski definition) is 4. The number of aliphatic carboxylic acids is 1. The van der Waals surface area contributed by atoms with Gasteiger partial charge in [0.1, 0.15) is 17.2 Å². The number of carboxylic acids is 1. The highest BCUT2D eigenvalue weighted by Crippen LogP contribution is 2.43. The zero-order chi connectivity index (χ0) is 22.3. The van der Waals surface area contributed by atoms with Crippen molar-refractivity contribution in [1.82, 2.24) is 10.2 Å². The summed E-state index contributed by atoms with van der Waals surface area (Å²) in [6.45, 7) is 0. The molecule has 13 heteroatoms. The number of fused-ring (bicyclic) bond motifs is 1. The van der Waals surface area contributed by atoms with Gasteiger partial charge in [0.05, 0.1) is 19.1 Å². The van der Waals surface area contributed by atoms with E-state index in [9.17, 15) is 27.9 Å². The fourth-order valence-electron chi connectivity index (χ4n) is 3.15. The Balaban J connectivity index is 1.82. The molecule has 0 aliphatic carbocycles. The van der Waals surface area contributed by atoms with Gasteiger partial charge in [-0.1, -0.05) is 12.1 Å². The molecule has 162 valence electrons. The minimum atomic E-state index is -3.54. The van der Waals surface area contributed by atoms with Crippen molar-refractivity contribution in [3.8, 4) is 0 Å². The third kappa shape index (κ3) is 3.82. The lowest BCUT2D eigenvalue weighted by Crippen LogP contribution is -2.82. The SMILES string of the molecule is COC1=CN2C(=O)[C@](NC(=O)C(N)c3cccc(NS(C)(=O)=O)c3)(C(=O)O)[C@@H]2SC1. The Morgan fingerprint density at radius 2 is 2.13 bits per heavy atom. The topological polar surface area (TPSA) is 168 Å². The molecule has 1 saturated heterocycles. The highest BCUT2D eigenvalue weighted by Gasteiger charge is 2.68. The van der Waals surface area contributed by atoms with E-state index in [1.165, 1.54) is 42.5 Å². The summed E-state index contributed by atoms with van der Waals surface area (Å²) in [6.07, 6.45) is 2.39. The summed E-state index contributed by atoms with van der Waals surface area (Å²) in [5.41, 5.74) is 4.24. The van der Waals surface area contributed by atoms with Crippen LogP contribution in [-0.4, -0.2) is 66.2 Å². The minimum Gasteiger partial charge on any atom is -0.499 e. The molecule has 2 heterocycles. The normalized spacial score (nSPS) is 24.1. The van der Waals surface area contributed by atoms with Crippen LogP contribution in [0.25, 0.3) is 0 Å². The molecule has 0 radical (unpaired) electrons. The van der Waals surface area contributed by atoms with Gasteiger partial charge in [-0.05, 0) is 17.7 Å². The molecule has 1 aromatic rings. The van der Waals surface area contributed by atoms with Crippen LogP contribution in [0, 0.1) is 0 Å². The molecule has 0 saturated carbocycles. The van der Waals surface area contributed by atoms with Crippen molar-refractivity contribution >= 4 is 45.3 Å². The maximum absolute atomic E-state index is 12.7.